The first-order valence-electron chi connectivity index (χ1n) is 12.2. The van der Waals surface area contributed by atoms with Crippen molar-refractivity contribution in [1.29, 1.82) is 0 Å². The van der Waals surface area contributed by atoms with Crippen molar-refractivity contribution in [1.82, 2.24) is 10.2 Å². The van der Waals surface area contributed by atoms with E-state index in [1.54, 1.807) is 18.2 Å². The van der Waals surface area contributed by atoms with Gasteiger partial charge in [0.05, 0.1) is 12.6 Å². The fourth-order valence-corrected chi connectivity index (χ4v) is 4.68. The number of morpholine rings is 1. The molecule has 2 aliphatic rings. The Kier molecular flexibility index (Phi) is 8.21. The molecule has 2 unspecified atom stereocenters. The lowest BCUT2D eigenvalue weighted by molar-refractivity contribution is -0.149. The highest BCUT2D eigenvalue weighted by Gasteiger charge is 2.41. The number of amides is 2. The summed E-state index contributed by atoms with van der Waals surface area (Å²) in [6.07, 6.45) is 5.43. The maximum absolute atomic E-state index is 13.5. The average molecular weight is 479 g/mol. The minimum atomic E-state index is -0.496. The van der Waals surface area contributed by atoms with Crippen molar-refractivity contribution in [2.75, 3.05) is 20.8 Å². The molecule has 0 spiro atoms. The van der Waals surface area contributed by atoms with Crippen LogP contribution in [-0.2, 0) is 25.5 Å². The first-order chi connectivity index (χ1) is 17.0. The summed E-state index contributed by atoms with van der Waals surface area (Å²) in [4.78, 5) is 27.9. The first kappa shape index (κ1) is 24.9. The largest absolute Gasteiger partial charge is 0.482 e. The number of carbonyl (C=O) groups excluding carboxylic acids is 2. The number of carbonyl (C=O) groups is 2. The molecule has 2 fully saturated rings. The van der Waals surface area contributed by atoms with Crippen LogP contribution in [0.15, 0.2) is 54.3 Å². The van der Waals surface area contributed by atoms with Gasteiger partial charge in [0, 0.05) is 26.3 Å². The molecule has 1 heterocycles. The summed E-state index contributed by atoms with van der Waals surface area (Å²) in [5, 5.41) is 2.78. The van der Waals surface area contributed by atoms with Crippen molar-refractivity contribution in [3.05, 3.63) is 76.5 Å². The molecule has 0 aromatic heterocycles. The summed E-state index contributed by atoms with van der Waals surface area (Å²) in [6.45, 7) is 2.88. The maximum Gasteiger partial charge on any atom is 0.289 e. The molecule has 7 nitrogen and oxygen atoms in total. The molecular weight excluding hydrogens is 444 g/mol. The monoisotopic (exact) mass is 478 g/mol. The topological polar surface area (TPSA) is 77.1 Å². The Hall–Kier alpha value is -3.16. The van der Waals surface area contributed by atoms with Crippen molar-refractivity contribution in [2.45, 2.75) is 57.6 Å². The third kappa shape index (κ3) is 6.10. The minimum Gasteiger partial charge on any atom is -0.482 e. The highest BCUT2D eigenvalue weighted by Crippen LogP contribution is 2.34. The molecule has 0 radical (unpaired) electrons. The zero-order chi connectivity index (χ0) is 24.8. The van der Waals surface area contributed by atoms with E-state index >= 15 is 0 Å². The fraction of sp³-hybridized carbons (Fsp3) is 0.429. The average Bonchev–Trinajstić information content (AvgIpc) is 2.88. The number of hydrogen-bond donors (Lipinski definition) is 1. The van der Waals surface area contributed by atoms with E-state index in [1.165, 1.54) is 19.8 Å². The Morgan fingerprint density at radius 1 is 1.09 bits per heavy atom. The Bertz CT molecular complexity index is 1040. The van der Waals surface area contributed by atoms with Crippen LogP contribution in [0.4, 0.5) is 0 Å². The second-order valence-corrected chi connectivity index (χ2v) is 9.17. The quantitative estimate of drug-likeness (QED) is 0.458. The van der Waals surface area contributed by atoms with Crippen LogP contribution in [0, 0.1) is 6.92 Å². The van der Waals surface area contributed by atoms with Gasteiger partial charge >= 0.3 is 0 Å². The van der Waals surface area contributed by atoms with Crippen LogP contribution >= 0.6 is 0 Å². The number of fused-ring (bicyclic) bond motifs is 1. The van der Waals surface area contributed by atoms with E-state index < -0.39 is 6.29 Å². The van der Waals surface area contributed by atoms with Gasteiger partial charge in [0.15, 0.2) is 12.0 Å². The van der Waals surface area contributed by atoms with E-state index in [0.29, 0.717) is 17.9 Å². The second kappa shape index (κ2) is 11.5. The molecule has 2 aromatic carbocycles. The number of aryl methyl sites for hydroxylation is 1. The number of nitrogens with zero attached hydrogens (tertiary/aromatic N) is 1. The summed E-state index contributed by atoms with van der Waals surface area (Å²) in [7, 11) is 3.05. The van der Waals surface area contributed by atoms with Gasteiger partial charge in [0.1, 0.15) is 6.10 Å². The van der Waals surface area contributed by atoms with Gasteiger partial charge in [-0.3, -0.25) is 9.59 Å². The molecular formula is C28H34N2O5. The minimum absolute atomic E-state index is 0.0118. The van der Waals surface area contributed by atoms with Crippen LogP contribution in [0.25, 0.3) is 6.08 Å². The van der Waals surface area contributed by atoms with Crippen LogP contribution in [0.2, 0.25) is 0 Å². The summed E-state index contributed by atoms with van der Waals surface area (Å²) >= 11 is 0. The lowest BCUT2D eigenvalue weighted by Crippen LogP contribution is -2.54. The lowest BCUT2D eigenvalue weighted by atomic mass is 9.89. The predicted octanol–water partition coefficient (Wildman–Crippen LogP) is 4.05. The molecule has 1 saturated carbocycles. The highest BCUT2D eigenvalue weighted by molar-refractivity contribution is 5.97. The van der Waals surface area contributed by atoms with Crippen molar-refractivity contribution in [3.63, 3.8) is 0 Å². The van der Waals surface area contributed by atoms with Crippen molar-refractivity contribution in [2.24, 2.45) is 0 Å². The van der Waals surface area contributed by atoms with E-state index in [-0.39, 0.29) is 30.5 Å². The Balaban J connectivity index is 1.49. The number of nitrogens with one attached hydrogen (secondary N) is 1. The molecule has 1 saturated heterocycles. The van der Waals surface area contributed by atoms with Gasteiger partial charge < -0.3 is 24.4 Å². The molecule has 2 atom stereocenters. The Morgan fingerprint density at radius 3 is 2.46 bits per heavy atom. The Morgan fingerprint density at radius 2 is 1.77 bits per heavy atom. The van der Waals surface area contributed by atoms with Crippen LogP contribution in [0.1, 0.15) is 52.7 Å². The molecule has 2 aromatic rings. The number of benzene rings is 2. The number of ether oxygens (including phenoxy) is 3. The van der Waals surface area contributed by atoms with E-state index in [1.807, 2.05) is 17.0 Å². The second-order valence-electron chi connectivity index (χ2n) is 9.17. The molecule has 4 rings (SSSR count). The van der Waals surface area contributed by atoms with Gasteiger partial charge in [-0.25, -0.2) is 0 Å². The van der Waals surface area contributed by atoms with Crippen LogP contribution in [0.3, 0.4) is 0 Å². The van der Waals surface area contributed by atoms with E-state index in [2.05, 4.69) is 36.5 Å². The Labute approximate surface area is 207 Å². The zero-order valence-electron chi connectivity index (χ0n) is 20.7. The summed E-state index contributed by atoms with van der Waals surface area (Å²) in [6, 6.07) is 15.5. The summed E-state index contributed by atoms with van der Waals surface area (Å²) < 4.78 is 16.4. The molecule has 0 bridgehead atoms. The standard InChI is InChI=1S/C28H34N2O5/c1-19-8-10-21(11-9-19)18-30-23-6-4-5-7-24(23)35-25(28(30)32)16-20-12-14-22(15-13-20)27(31)29-17-26(33-2)34-3/h8-16,23-24,26H,4-7,17-18H2,1-3H3,(H,29,31)/b25-16+. The van der Waals surface area contributed by atoms with E-state index in [4.69, 9.17) is 14.2 Å². The molecule has 2 amide bonds. The highest BCUT2D eigenvalue weighted by atomic mass is 16.7. The van der Waals surface area contributed by atoms with E-state index in [9.17, 15) is 9.59 Å². The van der Waals surface area contributed by atoms with Crippen molar-refractivity contribution < 1.29 is 23.8 Å². The van der Waals surface area contributed by atoms with Crippen molar-refractivity contribution >= 4 is 17.9 Å². The molecule has 35 heavy (non-hydrogen) atoms. The lowest BCUT2D eigenvalue weighted by Gasteiger charge is -2.44. The number of rotatable bonds is 8. The van der Waals surface area contributed by atoms with Crippen LogP contribution < -0.4 is 5.32 Å². The number of hydrogen-bond acceptors (Lipinski definition) is 5. The van der Waals surface area contributed by atoms with Crippen LogP contribution in [-0.4, -0.2) is 55.9 Å². The maximum atomic E-state index is 13.5. The van der Waals surface area contributed by atoms with Gasteiger partial charge in [0.25, 0.3) is 11.8 Å². The van der Waals surface area contributed by atoms with Gasteiger partial charge in [-0.15, -0.1) is 0 Å². The van der Waals surface area contributed by atoms with Crippen LogP contribution in [0.5, 0.6) is 0 Å². The fourth-order valence-electron chi connectivity index (χ4n) is 4.68. The van der Waals surface area contributed by atoms with Gasteiger partial charge in [-0.2, -0.15) is 0 Å². The summed E-state index contributed by atoms with van der Waals surface area (Å²) in [5.41, 5.74) is 3.64. The normalized spacial score (nSPS) is 21.1. The third-order valence-electron chi connectivity index (χ3n) is 6.72. The SMILES string of the molecule is COC(CNC(=O)c1ccc(/C=C2/OC3CCCCC3N(Cc3ccc(C)cc3)C2=O)cc1)OC. The zero-order valence-corrected chi connectivity index (χ0v) is 20.7. The van der Waals surface area contributed by atoms with Gasteiger partial charge in [-0.1, -0.05) is 48.4 Å². The summed E-state index contributed by atoms with van der Waals surface area (Å²) in [5.74, 6) is 0.0591. The molecule has 1 N–H and O–H groups in total. The number of methoxy groups -OCH3 is 2. The third-order valence-corrected chi connectivity index (χ3v) is 6.72. The molecule has 7 heteroatoms. The van der Waals surface area contributed by atoms with E-state index in [0.717, 1.165) is 36.8 Å². The molecule has 1 aliphatic heterocycles. The molecule has 186 valence electrons. The van der Waals surface area contributed by atoms with Gasteiger partial charge in [-0.05, 0) is 55.5 Å². The first-order valence-corrected chi connectivity index (χ1v) is 12.2. The van der Waals surface area contributed by atoms with Crippen molar-refractivity contribution in [3.8, 4) is 0 Å². The predicted molar refractivity (Wildman–Crippen MR) is 133 cm³/mol. The molecule has 1 aliphatic carbocycles. The van der Waals surface area contributed by atoms with Gasteiger partial charge in [0.2, 0.25) is 0 Å². The smallest absolute Gasteiger partial charge is 0.289 e.